The predicted molar refractivity (Wildman–Crippen MR) is 92.0 cm³/mol. The highest BCUT2D eigenvalue weighted by atomic mass is 32.2. The first-order chi connectivity index (χ1) is 11.7. The summed E-state index contributed by atoms with van der Waals surface area (Å²) in [5, 5.41) is 10.7. The van der Waals surface area contributed by atoms with Crippen LogP contribution in [-0.2, 0) is 25.7 Å². The van der Waals surface area contributed by atoms with E-state index in [9.17, 15) is 9.59 Å². The Morgan fingerprint density at radius 1 is 1.25 bits per heavy atom. The smallest absolute Gasteiger partial charge is 0.316 e. The molecule has 0 atom stereocenters. The summed E-state index contributed by atoms with van der Waals surface area (Å²) in [6, 6.07) is 9.60. The number of thioether (sulfide) groups is 1. The first kappa shape index (κ1) is 18.4. The lowest BCUT2D eigenvalue weighted by Gasteiger charge is -2.03. The van der Waals surface area contributed by atoms with Gasteiger partial charge in [0.2, 0.25) is 5.13 Å². The third kappa shape index (κ3) is 6.65. The van der Waals surface area contributed by atoms with Gasteiger partial charge in [-0.1, -0.05) is 53.4 Å². The van der Waals surface area contributed by atoms with Crippen LogP contribution in [0.4, 0.5) is 5.13 Å². The second-order valence-corrected chi connectivity index (χ2v) is 6.69. The van der Waals surface area contributed by atoms with Crippen LogP contribution in [0.5, 0.6) is 0 Å². The van der Waals surface area contributed by atoms with Crippen molar-refractivity contribution >= 4 is 40.1 Å². The van der Waals surface area contributed by atoms with Crippen molar-refractivity contribution in [3.8, 4) is 0 Å². The number of esters is 1. The Labute approximate surface area is 147 Å². The Kier molecular flexibility index (Phi) is 7.66. The van der Waals surface area contributed by atoms with Crippen LogP contribution in [0.2, 0.25) is 0 Å². The van der Waals surface area contributed by atoms with E-state index in [4.69, 9.17) is 9.47 Å². The van der Waals surface area contributed by atoms with Gasteiger partial charge in [0.25, 0.3) is 5.91 Å². The van der Waals surface area contributed by atoms with E-state index in [1.54, 1.807) is 6.92 Å². The summed E-state index contributed by atoms with van der Waals surface area (Å²) in [5.74, 6) is -0.446. The van der Waals surface area contributed by atoms with Crippen molar-refractivity contribution < 1.29 is 19.1 Å². The number of aromatic nitrogens is 2. The Morgan fingerprint density at radius 3 is 2.79 bits per heavy atom. The van der Waals surface area contributed by atoms with E-state index < -0.39 is 0 Å². The van der Waals surface area contributed by atoms with Gasteiger partial charge >= 0.3 is 5.97 Å². The fraction of sp³-hybridized carbons (Fsp3) is 0.333. The van der Waals surface area contributed by atoms with E-state index in [1.807, 2.05) is 30.3 Å². The molecule has 1 aromatic heterocycles. The largest absolute Gasteiger partial charge is 0.465 e. The summed E-state index contributed by atoms with van der Waals surface area (Å²) in [7, 11) is 0. The molecule has 7 nitrogen and oxygen atoms in total. The molecule has 0 saturated heterocycles. The van der Waals surface area contributed by atoms with Gasteiger partial charge in [-0.25, -0.2) is 0 Å². The quantitative estimate of drug-likeness (QED) is 0.413. The summed E-state index contributed by atoms with van der Waals surface area (Å²) in [4.78, 5) is 23.0. The van der Waals surface area contributed by atoms with Crippen LogP contribution in [0.3, 0.4) is 0 Å². The number of rotatable bonds is 9. The van der Waals surface area contributed by atoms with Crippen molar-refractivity contribution in [2.45, 2.75) is 17.9 Å². The monoisotopic (exact) mass is 367 g/mol. The zero-order valence-corrected chi connectivity index (χ0v) is 14.7. The Balaban J connectivity index is 1.69. The van der Waals surface area contributed by atoms with Crippen LogP contribution in [0.25, 0.3) is 0 Å². The minimum atomic E-state index is -0.308. The van der Waals surface area contributed by atoms with Crippen LogP contribution in [0.1, 0.15) is 12.5 Å². The lowest BCUT2D eigenvalue weighted by atomic mass is 10.2. The maximum Gasteiger partial charge on any atom is 0.316 e. The average molecular weight is 367 g/mol. The van der Waals surface area contributed by atoms with Gasteiger partial charge in [-0.05, 0) is 12.5 Å². The SMILES string of the molecule is CCOC(=O)CSc1nnc(NC(=O)COCc2ccccc2)s1. The molecule has 1 N–H and O–H groups in total. The summed E-state index contributed by atoms with van der Waals surface area (Å²) < 4.78 is 10.8. The molecule has 0 bridgehead atoms. The van der Waals surface area contributed by atoms with E-state index in [0.29, 0.717) is 22.7 Å². The number of benzene rings is 1. The maximum atomic E-state index is 11.8. The van der Waals surface area contributed by atoms with Gasteiger partial charge in [-0.2, -0.15) is 0 Å². The van der Waals surface area contributed by atoms with Gasteiger partial charge in [0.05, 0.1) is 19.0 Å². The molecule has 9 heteroatoms. The Morgan fingerprint density at radius 2 is 2.04 bits per heavy atom. The highest BCUT2D eigenvalue weighted by Gasteiger charge is 2.11. The van der Waals surface area contributed by atoms with Crippen molar-refractivity contribution in [1.29, 1.82) is 0 Å². The lowest BCUT2D eigenvalue weighted by molar-refractivity contribution is -0.139. The molecule has 24 heavy (non-hydrogen) atoms. The number of anilines is 1. The lowest BCUT2D eigenvalue weighted by Crippen LogP contribution is -2.18. The summed E-state index contributed by atoms with van der Waals surface area (Å²) in [6.07, 6.45) is 0. The number of carbonyl (C=O) groups excluding carboxylic acids is 2. The third-order valence-corrected chi connectivity index (χ3v) is 4.56. The second-order valence-electron chi connectivity index (χ2n) is 4.49. The minimum Gasteiger partial charge on any atom is -0.465 e. The number of hydrogen-bond donors (Lipinski definition) is 1. The number of ether oxygens (including phenoxy) is 2. The number of nitrogens with zero attached hydrogens (tertiary/aromatic N) is 2. The highest BCUT2D eigenvalue weighted by molar-refractivity contribution is 8.01. The Bertz CT molecular complexity index is 664. The van der Waals surface area contributed by atoms with E-state index in [1.165, 1.54) is 23.1 Å². The van der Waals surface area contributed by atoms with E-state index >= 15 is 0 Å². The minimum absolute atomic E-state index is 0.0697. The first-order valence-corrected chi connectivity index (χ1v) is 9.01. The van der Waals surface area contributed by atoms with Gasteiger partial charge < -0.3 is 9.47 Å². The standard InChI is InChI=1S/C15H17N3O4S2/c1-2-22-13(20)10-23-15-18-17-14(24-15)16-12(19)9-21-8-11-6-4-3-5-7-11/h3-7H,2,8-10H2,1H3,(H,16,17,19). The van der Waals surface area contributed by atoms with E-state index in [2.05, 4.69) is 15.5 Å². The number of amides is 1. The number of carbonyl (C=O) groups is 2. The zero-order valence-electron chi connectivity index (χ0n) is 13.1. The average Bonchev–Trinajstić information content (AvgIpc) is 3.01. The highest BCUT2D eigenvalue weighted by Crippen LogP contribution is 2.25. The molecule has 0 unspecified atom stereocenters. The molecule has 0 aliphatic carbocycles. The number of nitrogens with one attached hydrogen (secondary N) is 1. The molecular weight excluding hydrogens is 350 g/mol. The molecule has 0 saturated carbocycles. The molecular formula is C15H17N3O4S2. The summed E-state index contributed by atoms with van der Waals surface area (Å²) >= 11 is 2.42. The topological polar surface area (TPSA) is 90.4 Å². The molecule has 128 valence electrons. The van der Waals surface area contributed by atoms with E-state index in [0.717, 1.165) is 5.56 Å². The van der Waals surface area contributed by atoms with Gasteiger partial charge in [0.15, 0.2) is 4.34 Å². The summed E-state index contributed by atoms with van der Waals surface area (Å²) in [5.41, 5.74) is 0.999. The normalized spacial score (nSPS) is 10.4. The second kappa shape index (κ2) is 10.0. The Hall–Kier alpha value is -1.97. The van der Waals surface area contributed by atoms with Crippen LogP contribution >= 0.6 is 23.1 Å². The van der Waals surface area contributed by atoms with Crippen LogP contribution in [-0.4, -0.2) is 41.0 Å². The predicted octanol–water partition coefficient (Wildman–Crippen LogP) is 2.35. The van der Waals surface area contributed by atoms with E-state index in [-0.39, 0.29) is 24.2 Å². The van der Waals surface area contributed by atoms with Crippen LogP contribution in [0.15, 0.2) is 34.7 Å². The molecule has 2 aromatic rings. The van der Waals surface area contributed by atoms with Gasteiger partial charge in [0.1, 0.15) is 6.61 Å². The molecule has 0 aliphatic rings. The van der Waals surface area contributed by atoms with Crippen LogP contribution in [0, 0.1) is 0 Å². The fourth-order valence-corrected chi connectivity index (χ4v) is 3.20. The van der Waals surface area contributed by atoms with Crippen molar-refractivity contribution in [2.75, 3.05) is 24.3 Å². The molecule has 2 rings (SSSR count). The van der Waals surface area contributed by atoms with Gasteiger partial charge in [-0.3, -0.25) is 14.9 Å². The van der Waals surface area contributed by atoms with Crippen molar-refractivity contribution in [3.63, 3.8) is 0 Å². The summed E-state index contributed by atoms with van der Waals surface area (Å²) in [6.45, 7) is 2.39. The molecule has 0 aliphatic heterocycles. The van der Waals surface area contributed by atoms with Crippen molar-refractivity contribution in [1.82, 2.24) is 10.2 Å². The first-order valence-electron chi connectivity index (χ1n) is 7.21. The third-order valence-electron chi connectivity index (χ3n) is 2.62. The molecule has 0 spiro atoms. The van der Waals surface area contributed by atoms with Crippen molar-refractivity contribution in [3.05, 3.63) is 35.9 Å². The van der Waals surface area contributed by atoms with Gasteiger partial charge in [-0.15, -0.1) is 10.2 Å². The molecule has 0 fully saturated rings. The maximum absolute atomic E-state index is 11.8. The molecule has 1 amide bonds. The molecule has 1 aromatic carbocycles. The zero-order chi connectivity index (χ0) is 17.2. The molecule has 1 heterocycles. The van der Waals surface area contributed by atoms with Crippen LogP contribution < -0.4 is 5.32 Å². The fourth-order valence-electron chi connectivity index (χ4n) is 1.63. The number of hydrogen-bond acceptors (Lipinski definition) is 8. The molecule has 0 radical (unpaired) electrons. The van der Waals surface area contributed by atoms with Gasteiger partial charge in [0, 0.05) is 0 Å². The van der Waals surface area contributed by atoms with Crippen molar-refractivity contribution in [2.24, 2.45) is 0 Å².